The summed E-state index contributed by atoms with van der Waals surface area (Å²) in [6.07, 6.45) is 4.18. The van der Waals surface area contributed by atoms with Gasteiger partial charge in [-0.15, -0.1) is 0 Å². The van der Waals surface area contributed by atoms with Gasteiger partial charge in [0.05, 0.1) is 9.83 Å². The van der Waals surface area contributed by atoms with E-state index in [9.17, 15) is 19.7 Å². The zero-order valence-corrected chi connectivity index (χ0v) is 14.2. The molecule has 2 amide bonds. The van der Waals surface area contributed by atoms with E-state index in [1.807, 2.05) is 19.1 Å². The van der Waals surface area contributed by atoms with Crippen LogP contribution in [0.1, 0.15) is 19.0 Å². The molecule has 0 bridgehead atoms. The van der Waals surface area contributed by atoms with Crippen molar-refractivity contribution in [2.75, 3.05) is 6.54 Å². The van der Waals surface area contributed by atoms with Gasteiger partial charge in [-0.05, 0) is 48.5 Å². The Kier molecular flexibility index (Phi) is 4.71. The second-order valence-corrected chi connectivity index (χ2v) is 6.40. The van der Waals surface area contributed by atoms with Crippen LogP contribution in [0.5, 0.6) is 0 Å². The molecule has 2 aromatic rings. The van der Waals surface area contributed by atoms with Gasteiger partial charge in [0, 0.05) is 36.3 Å². The van der Waals surface area contributed by atoms with Gasteiger partial charge in [0.15, 0.2) is 0 Å². The zero-order chi connectivity index (χ0) is 18.0. The van der Waals surface area contributed by atoms with Crippen LogP contribution < -0.4 is 0 Å². The molecule has 0 saturated carbocycles. The van der Waals surface area contributed by atoms with Gasteiger partial charge in [-0.3, -0.25) is 24.6 Å². The number of nitro benzene ring substituents is 1. The zero-order valence-electron chi connectivity index (χ0n) is 13.4. The number of carbonyl (C=O) groups is 2. The summed E-state index contributed by atoms with van der Waals surface area (Å²) in [6, 6.07) is 9.75. The fourth-order valence-corrected chi connectivity index (χ4v) is 3.38. The van der Waals surface area contributed by atoms with Crippen molar-refractivity contribution < 1.29 is 14.5 Å². The molecule has 0 N–H and O–H groups in total. The molecule has 1 aliphatic rings. The number of aromatic nitrogens is 1. The topological polar surface area (TPSA) is 85.4 Å². The number of rotatable bonds is 5. The first kappa shape index (κ1) is 17.0. The molecular weight excluding hydrogens is 342 g/mol. The van der Waals surface area contributed by atoms with E-state index >= 15 is 0 Å². The van der Waals surface area contributed by atoms with E-state index in [2.05, 4.69) is 0 Å². The van der Waals surface area contributed by atoms with Gasteiger partial charge in [0.2, 0.25) is 0 Å². The smallest absolute Gasteiger partial charge is 0.293 e. The first-order valence-corrected chi connectivity index (χ1v) is 8.50. The lowest BCUT2D eigenvalue weighted by atomic mass is 10.2. The summed E-state index contributed by atoms with van der Waals surface area (Å²) in [5.41, 5.74) is 1.46. The van der Waals surface area contributed by atoms with E-state index in [1.54, 1.807) is 29.0 Å². The van der Waals surface area contributed by atoms with Gasteiger partial charge >= 0.3 is 0 Å². The molecule has 1 aromatic carbocycles. The Morgan fingerprint density at radius 1 is 1.20 bits per heavy atom. The van der Waals surface area contributed by atoms with Crippen LogP contribution in [0.25, 0.3) is 11.8 Å². The molecule has 0 aliphatic carbocycles. The minimum Gasteiger partial charge on any atom is -0.317 e. The van der Waals surface area contributed by atoms with Gasteiger partial charge in [-0.1, -0.05) is 6.92 Å². The highest BCUT2D eigenvalue weighted by Gasteiger charge is 2.34. The van der Waals surface area contributed by atoms with Gasteiger partial charge in [0.1, 0.15) is 0 Å². The van der Waals surface area contributed by atoms with Crippen molar-refractivity contribution in [3.05, 3.63) is 63.3 Å². The predicted molar refractivity (Wildman–Crippen MR) is 95.4 cm³/mol. The van der Waals surface area contributed by atoms with E-state index in [4.69, 9.17) is 0 Å². The third kappa shape index (κ3) is 3.34. The average Bonchev–Trinajstić information content (AvgIpc) is 3.16. The Hall–Kier alpha value is -2.87. The quantitative estimate of drug-likeness (QED) is 0.461. The summed E-state index contributed by atoms with van der Waals surface area (Å²) in [5, 5.41) is 10.5. The van der Waals surface area contributed by atoms with Crippen LogP contribution in [0.15, 0.2) is 47.5 Å². The Morgan fingerprint density at radius 3 is 2.56 bits per heavy atom. The molecule has 8 heteroatoms. The predicted octanol–water partition coefficient (Wildman–Crippen LogP) is 3.83. The summed E-state index contributed by atoms with van der Waals surface area (Å²) in [7, 11) is 0. The molecule has 2 heterocycles. The molecule has 0 atom stereocenters. The second-order valence-electron chi connectivity index (χ2n) is 5.41. The molecule has 0 unspecified atom stereocenters. The van der Waals surface area contributed by atoms with Crippen molar-refractivity contribution in [3.63, 3.8) is 0 Å². The van der Waals surface area contributed by atoms with Gasteiger partial charge < -0.3 is 4.57 Å². The molecule has 7 nitrogen and oxygen atoms in total. The molecule has 0 radical (unpaired) electrons. The molecular formula is C17H15N3O4S. The highest BCUT2D eigenvalue weighted by atomic mass is 32.2. The maximum absolute atomic E-state index is 12.3. The van der Waals surface area contributed by atoms with E-state index in [1.165, 1.54) is 17.0 Å². The Morgan fingerprint density at radius 2 is 1.92 bits per heavy atom. The van der Waals surface area contributed by atoms with Crippen LogP contribution in [-0.4, -0.2) is 32.1 Å². The maximum Gasteiger partial charge on any atom is 0.293 e. The Labute approximate surface area is 148 Å². The monoisotopic (exact) mass is 357 g/mol. The standard InChI is InChI=1S/C17H15N3O4S/c1-2-9-19-16(21)15(25-17(19)22)11-14-4-3-10-18(14)12-5-7-13(8-6-12)20(23)24/h3-8,10-11H,2,9H2,1H3/b15-11+. The number of imide groups is 1. The number of nitrogens with zero attached hydrogens (tertiary/aromatic N) is 3. The van der Waals surface area contributed by atoms with Gasteiger partial charge in [-0.25, -0.2) is 0 Å². The highest BCUT2D eigenvalue weighted by Crippen LogP contribution is 2.32. The molecule has 1 aliphatic heterocycles. The van der Waals surface area contributed by atoms with E-state index in [-0.39, 0.29) is 16.8 Å². The fourth-order valence-electron chi connectivity index (χ4n) is 2.53. The maximum atomic E-state index is 12.3. The summed E-state index contributed by atoms with van der Waals surface area (Å²) in [5.74, 6) is -0.284. The summed E-state index contributed by atoms with van der Waals surface area (Å²) in [4.78, 5) is 36.2. The van der Waals surface area contributed by atoms with Crippen molar-refractivity contribution in [3.8, 4) is 5.69 Å². The lowest BCUT2D eigenvalue weighted by Crippen LogP contribution is -2.28. The molecule has 1 fully saturated rings. The Balaban J connectivity index is 1.91. The van der Waals surface area contributed by atoms with Crippen LogP contribution in [0.3, 0.4) is 0 Å². The summed E-state index contributed by atoms with van der Waals surface area (Å²) >= 11 is 0.926. The van der Waals surface area contributed by atoms with Crippen LogP contribution in [0, 0.1) is 10.1 Å². The first-order chi connectivity index (χ1) is 12.0. The van der Waals surface area contributed by atoms with Crippen LogP contribution in [-0.2, 0) is 4.79 Å². The Bertz CT molecular complexity index is 870. The molecule has 3 rings (SSSR count). The second kappa shape index (κ2) is 6.94. The van der Waals surface area contributed by atoms with E-state index in [0.29, 0.717) is 17.9 Å². The van der Waals surface area contributed by atoms with Crippen LogP contribution in [0.4, 0.5) is 10.5 Å². The van der Waals surface area contributed by atoms with Crippen molar-refractivity contribution in [1.29, 1.82) is 0 Å². The summed E-state index contributed by atoms with van der Waals surface area (Å²) < 4.78 is 1.80. The van der Waals surface area contributed by atoms with Crippen molar-refractivity contribution in [2.45, 2.75) is 13.3 Å². The third-order valence-corrected chi connectivity index (χ3v) is 4.63. The van der Waals surface area contributed by atoms with Crippen molar-refractivity contribution in [2.24, 2.45) is 0 Å². The number of nitro groups is 1. The van der Waals surface area contributed by atoms with E-state index < -0.39 is 4.92 Å². The fraction of sp³-hybridized carbons (Fsp3) is 0.176. The first-order valence-electron chi connectivity index (χ1n) is 7.69. The number of hydrogen-bond donors (Lipinski definition) is 0. The summed E-state index contributed by atoms with van der Waals surface area (Å²) in [6.45, 7) is 2.32. The van der Waals surface area contributed by atoms with E-state index in [0.717, 1.165) is 23.1 Å². The van der Waals surface area contributed by atoms with Gasteiger partial charge in [0.25, 0.3) is 16.8 Å². The molecule has 1 aromatic heterocycles. The van der Waals surface area contributed by atoms with Crippen LogP contribution >= 0.6 is 11.8 Å². The molecule has 128 valence electrons. The molecule has 1 saturated heterocycles. The lowest BCUT2D eigenvalue weighted by molar-refractivity contribution is -0.384. The minimum absolute atomic E-state index is 0.0122. The molecule has 25 heavy (non-hydrogen) atoms. The number of non-ortho nitro benzene ring substituents is 1. The number of amides is 2. The highest BCUT2D eigenvalue weighted by molar-refractivity contribution is 8.18. The average molecular weight is 357 g/mol. The minimum atomic E-state index is -0.454. The SMILES string of the molecule is CCCN1C(=O)S/C(=C/c2cccn2-c2ccc([N+](=O)[O-])cc2)C1=O. The molecule has 0 spiro atoms. The normalized spacial score (nSPS) is 16.0. The number of thioether (sulfide) groups is 1. The third-order valence-electron chi connectivity index (χ3n) is 3.72. The largest absolute Gasteiger partial charge is 0.317 e. The van der Waals surface area contributed by atoms with Gasteiger partial charge in [-0.2, -0.15) is 0 Å². The number of carbonyl (C=O) groups excluding carboxylic acids is 2. The number of hydrogen-bond acceptors (Lipinski definition) is 5. The van der Waals surface area contributed by atoms with Crippen LogP contribution in [0.2, 0.25) is 0 Å². The number of benzene rings is 1. The van der Waals surface area contributed by atoms with Crippen molar-refractivity contribution >= 4 is 34.7 Å². The van der Waals surface area contributed by atoms with Crippen molar-refractivity contribution in [1.82, 2.24) is 9.47 Å². The lowest BCUT2D eigenvalue weighted by Gasteiger charge is -2.10.